The number of halogens is 1. The number of rotatable bonds is 8. The van der Waals surface area contributed by atoms with Crippen molar-refractivity contribution < 1.29 is 9.53 Å². The van der Waals surface area contributed by atoms with E-state index in [9.17, 15) is 4.79 Å². The fourth-order valence-electron chi connectivity index (χ4n) is 2.48. The molecule has 0 radical (unpaired) electrons. The van der Waals surface area contributed by atoms with Crippen LogP contribution in [-0.4, -0.2) is 45.4 Å². The number of carbonyl (C=O) groups is 1. The van der Waals surface area contributed by atoms with Gasteiger partial charge in [-0.05, 0) is 16.5 Å². The minimum Gasteiger partial charge on any atom is -0.496 e. The molecule has 26 heavy (non-hydrogen) atoms. The van der Waals surface area contributed by atoms with Gasteiger partial charge in [0.05, 0.1) is 23.4 Å². The van der Waals surface area contributed by atoms with E-state index in [-0.39, 0.29) is 5.91 Å². The first kappa shape index (κ1) is 17.8. The predicted molar refractivity (Wildman–Crippen MR) is 93.3 cm³/mol. The fraction of sp³-hybridized carbons (Fsp3) is 0.375. The molecule has 1 aromatic heterocycles. The number of nitrogens with one attached hydrogen (secondary N) is 1. The Bertz CT molecular complexity index is 867. The third-order valence-electron chi connectivity index (χ3n) is 3.97. The van der Waals surface area contributed by atoms with Gasteiger partial charge < -0.3 is 10.1 Å². The van der Waals surface area contributed by atoms with Gasteiger partial charge in [-0.1, -0.05) is 11.6 Å². The smallest absolute Gasteiger partial charge is 0.255 e. The zero-order chi connectivity index (χ0) is 18.6. The second kappa shape index (κ2) is 7.49. The Hall–Kier alpha value is -2.99. The van der Waals surface area contributed by atoms with Crippen LogP contribution >= 0.6 is 11.6 Å². The van der Waals surface area contributed by atoms with Gasteiger partial charge >= 0.3 is 0 Å². The van der Waals surface area contributed by atoms with Crippen molar-refractivity contribution in [2.24, 2.45) is 10.2 Å². The molecule has 1 aromatic carbocycles. The third kappa shape index (κ3) is 3.81. The van der Waals surface area contributed by atoms with Crippen LogP contribution in [0.3, 0.4) is 0 Å². The molecule has 0 atom stereocenters. The van der Waals surface area contributed by atoms with Crippen molar-refractivity contribution in [1.82, 2.24) is 25.5 Å². The number of hydrogen-bond acceptors (Lipinski definition) is 7. The average Bonchev–Trinajstić information content (AvgIpc) is 3.19. The highest BCUT2D eigenvalue weighted by Crippen LogP contribution is 2.36. The molecular weight excluding hydrogens is 358 g/mol. The Kier molecular flexibility index (Phi) is 5.14. The second-order valence-electron chi connectivity index (χ2n) is 5.65. The Morgan fingerprint density at radius 2 is 2.23 bits per heavy atom. The zero-order valence-electron chi connectivity index (χ0n) is 14.0. The Morgan fingerprint density at radius 1 is 1.42 bits per heavy atom. The predicted octanol–water partition coefficient (Wildman–Crippen LogP) is 2.02. The Morgan fingerprint density at radius 3 is 2.85 bits per heavy atom. The number of aromatic nitrogens is 4. The molecule has 2 aromatic rings. The molecule has 0 unspecified atom stereocenters. The van der Waals surface area contributed by atoms with Crippen molar-refractivity contribution in [1.29, 1.82) is 0 Å². The summed E-state index contributed by atoms with van der Waals surface area (Å²) in [5.74, 6) is 2.63. The van der Waals surface area contributed by atoms with Crippen molar-refractivity contribution in [2.45, 2.75) is 24.9 Å². The number of amides is 1. The summed E-state index contributed by atoms with van der Waals surface area (Å²) in [6.45, 7) is 0.409. The van der Waals surface area contributed by atoms with Crippen LogP contribution in [0, 0.1) is 12.3 Å². The van der Waals surface area contributed by atoms with Gasteiger partial charge in [0, 0.05) is 31.9 Å². The molecular formula is C16H16ClN7O2. The summed E-state index contributed by atoms with van der Waals surface area (Å²) in [6, 6.07) is 3.13. The van der Waals surface area contributed by atoms with Gasteiger partial charge in [-0.3, -0.25) is 4.79 Å². The Labute approximate surface area is 154 Å². The van der Waals surface area contributed by atoms with Crippen molar-refractivity contribution in [3.63, 3.8) is 0 Å². The molecule has 3 rings (SSSR count). The quantitative estimate of drug-likeness (QED) is 0.712. The highest BCUT2D eigenvalue weighted by molar-refractivity contribution is 6.33. The highest BCUT2D eigenvalue weighted by Gasteiger charge is 2.38. The summed E-state index contributed by atoms with van der Waals surface area (Å²) in [5, 5.41) is 22.2. The lowest BCUT2D eigenvalue weighted by molar-refractivity contribution is 0.0949. The molecule has 0 saturated carbocycles. The minimum atomic E-state index is -0.439. The van der Waals surface area contributed by atoms with Crippen LogP contribution in [0.4, 0.5) is 0 Å². The lowest BCUT2D eigenvalue weighted by atomic mass is 10.0. The maximum absolute atomic E-state index is 12.5. The largest absolute Gasteiger partial charge is 0.496 e. The molecule has 1 aliphatic rings. The van der Waals surface area contributed by atoms with E-state index in [1.807, 2.05) is 0 Å². The van der Waals surface area contributed by atoms with E-state index in [1.165, 1.54) is 24.2 Å². The topological polar surface area (TPSA) is 107 Å². The molecule has 0 fully saturated rings. The summed E-state index contributed by atoms with van der Waals surface area (Å²) in [6.07, 6.45) is 8.55. The normalized spacial score (nSPS) is 13.9. The number of hydrogen-bond donors (Lipinski definition) is 1. The van der Waals surface area contributed by atoms with E-state index >= 15 is 0 Å². The molecule has 0 saturated heterocycles. The highest BCUT2D eigenvalue weighted by atomic mass is 35.5. The average molecular weight is 374 g/mol. The molecule has 1 amide bonds. The standard InChI is InChI=1S/C16H16ClN7O2/c1-3-4-5-16(20-21-16)6-7-18-15(25)11-8-12(17)13(9-14(11)26-2)24-10-19-22-23-24/h1,8-10H,4-7H2,2H3,(H,18,25). The maximum Gasteiger partial charge on any atom is 0.255 e. The summed E-state index contributed by atoms with van der Waals surface area (Å²) in [7, 11) is 1.47. The van der Waals surface area contributed by atoms with Crippen LogP contribution in [0.15, 0.2) is 28.7 Å². The van der Waals surface area contributed by atoms with Crippen LogP contribution in [0.2, 0.25) is 5.02 Å². The maximum atomic E-state index is 12.5. The molecule has 9 nitrogen and oxygen atoms in total. The van der Waals surface area contributed by atoms with Crippen LogP contribution < -0.4 is 10.1 Å². The van der Waals surface area contributed by atoms with E-state index in [0.29, 0.717) is 47.8 Å². The van der Waals surface area contributed by atoms with Gasteiger partial charge in [0.2, 0.25) is 0 Å². The SMILES string of the molecule is C#CCCC1(CCNC(=O)c2cc(Cl)c(-n3cnnn3)cc2OC)N=N1. The summed E-state index contributed by atoms with van der Waals surface area (Å²) >= 11 is 6.27. The number of tetrazole rings is 1. The van der Waals surface area contributed by atoms with Gasteiger partial charge in [-0.2, -0.15) is 14.9 Å². The fourth-order valence-corrected chi connectivity index (χ4v) is 2.73. The number of methoxy groups -OCH3 is 1. The molecule has 1 aliphatic heterocycles. The lowest BCUT2D eigenvalue weighted by Crippen LogP contribution is -2.28. The molecule has 0 spiro atoms. The zero-order valence-corrected chi connectivity index (χ0v) is 14.8. The minimum absolute atomic E-state index is 0.306. The molecule has 134 valence electrons. The van der Waals surface area contributed by atoms with Gasteiger partial charge in [0.25, 0.3) is 5.91 Å². The third-order valence-corrected chi connectivity index (χ3v) is 4.28. The summed E-state index contributed by atoms with van der Waals surface area (Å²) in [4.78, 5) is 12.5. The van der Waals surface area contributed by atoms with E-state index in [4.69, 9.17) is 22.8 Å². The van der Waals surface area contributed by atoms with Gasteiger partial charge in [0.15, 0.2) is 5.66 Å². The first-order valence-corrected chi connectivity index (χ1v) is 8.23. The lowest BCUT2D eigenvalue weighted by Gasteiger charge is -2.13. The number of nitrogens with zero attached hydrogens (tertiary/aromatic N) is 6. The van der Waals surface area contributed by atoms with Gasteiger partial charge in [-0.25, -0.2) is 0 Å². The van der Waals surface area contributed by atoms with Crippen LogP contribution in [-0.2, 0) is 0 Å². The molecule has 0 bridgehead atoms. The van der Waals surface area contributed by atoms with Crippen molar-refractivity contribution in [3.05, 3.63) is 29.0 Å². The first-order valence-electron chi connectivity index (χ1n) is 7.85. The van der Waals surface area contributed by atoms with Crippen molar-refractivity contribution in [2.75, 3.05) is 13.7 Å². The molecule has 10 heteroatoms. The molecule has 0 aliphatic carbocycles. The Balaban J connectivity index is 1.67. The van der Waals surface area contributed by atoms with Crippen molar-refractivity contribution in [3.8, 4) is 23.8 Å². The number of terminal acetylenes is 1. The number of ether oxygens (including phenoxy) is 1. The van der Waals surface area contributed by atoms with E-state index < -0.39 is 5.66 Å². The van der Waals surface area contributed by atoms with Crippen molar-refractivity contribution >= 4 is 17.5 Å². The van der Waals surface area contributed by atoms with Gasteiger partial charge in [0.1, 0.15) is 12.1 Å². The first-order chi connectivity index (χ1) is 12.6. The van der Waals surface area contributed by atoms with Crippen LogP contribution in [0.5, 0.6) is 5.75 Å². The monoisotopic (exact) mass is 373 g/mol. The van der Waals surface area contributed by atoms with Crippen LogP contribution in [0.25, 0.3) is 5.69 Å². The number of carbonyl (C=O) groups excluding carboxylic acids is 1. The summed E-state index contributed by atoms with van der Waals surface area (Å²) in [5.41, 5.74) is 0.385. The second-order valence-corrected chi connectivity index (χ2v) is 6.06. The molecule has 1 N–H and O–H groups in total. The summed E-state index contributed by atoms with van der Waals surface area (Å²) < 4.78 is 6.70. The number of benzene rings is 1. The molecule has 2 heterocycles. The van der Waals surface area contributed by atoms with E-state index in [2.05, 4.69) is 37.0 Å². The van der Waals surface area contributed by atoms with E-state index in [1.54, 1.807) is 6.07 Å². The van der Waals surface area contributed by atoms with Gasteiger partial charge in [-0.15, -0.1) is 17.4 Å². The van der Waals surface area contributed by atoms with Crippen LogP contribution in [0.1, 0.15) is 29.6 Å². The van der Waals surface area contributed by atoms with E-state index in [0.717, 1.165) is 0 Å².